The van der Waals surface area contributed by atoms with Crippen LogP contribution < -0.4 is 9.62 Å². The predicted octanol–water partition coefficient (Wildman–Crippen LogP) is 6.43. The van der Waals surface area contributed by atoms with Crippen LogP contribution in [0.2, 0.25) is 0 Å². The van der Waals surface area contributed by atoms with Crippen molar-refractivity contribution in [3.63, 3.8) is 0 Å². The maximum absolute atomic E-state index is 14.5. The molecule has 0 aliphatic rings. The van der Waals surface area contributed by atoms with Gasteiger partial charge in [-0.2, -0.15) is 0 Å². The van der Waals surface area contributed by atoms with Gasteiger partial charge in [-0.15, -0.1) is 0 Å². The van der Waals surface area contributed by atoms with E-state index in [4.69, 9.17) is 0 Å². The Morgan fingerprint density at radius 3 is 2.07 bits per heavy atom. The van der Waals surface area contributed by atoms with Crippen molar-refractivity contribution in [1.82, 2.24) is 10.2 Å². The third-order valence-electron chi connectivity index (χ3n) is 7.15. The standard InChI is InChI=1S/C35H38BrN3O4S/c1-25(2)37-35(41)33(22-28-10-6-5-7-11-28)38(23-29-15-17-30(36)18-16-29)34(40)24-39(31-12-8-9-27(4)21-31)44(42,43)32-19-13-26(3)14-20-32/h5-21,25,33H,22-24H2,1-4H3,(H,37,41)/t33-/m1/s1. The topological polar surface area (TPSA) is 86.8 Å². The molecule has 0 aromatic heterocycles. The van der Waals surface area contributed by atoms with Gasteiger partial charge >= 0.3 is 0 Å². The molecule has 0 heterocycles. The van der Waals surface area contributed by atoms with Crippen molar-refractivity contribution in [2.75, 3.05) is 10.8 Å². The highest BCUT2D eigenvalue weighted by molar-refractivity contribution is 9.10. The first-order valence-corrected chi connectivity index (χ1v) is 16.7. The minimum Gasteiger partial charge on any atom is -0.352 e. The van der Waals surface area contributed by atoms with E-state index in [-0.39, 0.29) is 29.8 Å². The Kier molecular flexibility index (Phi) is 11.0. The molecule has 0 aliphatic heterocycles. The smallest absolute Gasteiger partial charge is 0.264 e. The van der Waals surface area contributed by atoms with Gasteiger partial charge in [0, 0.05) is 23.5 Å². The Bertz CT molecular complexity index is 1680. The number of sulfonamides is 1. The highest BCUT2D eigenvalue weighted by Crippen LogP contribution is 2.26. The van der Waals surface area contributed by atoms with E-state index in [2.05, 4.69) is 21.2 Å². The van der Waals surface area contributed by atoms with Crippen LogP contribution in [0, 0.1) is 13.8 Å². The van der Waals surface area contributed by atoms with Crippen LogP contribution in [0.15, 0.2) is 112 Å². The summed E-state index contributed by atoms with van der Waals surface area (Å²) < 4.78 is 30.3. The maximum atomic E-state index is 14.5. The lowest BCUT2D eigenvalue weighted by Gasteiger charge is -2.34. The molecule has 0 saturated carbocycles. The number of aryl methyl sites for hydroxylation is 2. The van der Waals surface area contributed by atoms with Crippen LogP contribution in [0.5, 0.6) is 0 Å². The molecule has 0 radical (unpaired) electrons. The number of carbonyl (C=O) groups excluding carboxylic acids is 2. The zero-order chi connectivity index (χ0) is 31.9. The number of hydrogen-bond donors (Lipinski definition) is 1. The normalized spacial score (nSPS) is 12.0. The largest absolute Gasteiger partial charge is 0.352 e. The Balaban J connectivity index is 1.80. The fourth-order valence-corrected chi connectivity index (χ4v) is 6.54. The van der Waals surface area contributed by atoms with Crippen LogP contribution in [0.1, 0.15) is 36.1 Å². The summed E-state index contributed by atoms with van der Waals surface area (Å²) in [6.07, 6.45) is 0.261. The van der Waals surface area contributed by atoms with Crippen LogP contribution in [-0.2, 0) is 32.6 Å². The van der Waals surface area contributed by atoms with Crippen molar-refractivity contribution in [3.8, 4) is 0 Å². The highest BCUT2D eigenvalue weighted by atomic mass is 79.9. The molecule has 44 heavy (non-hydrogen) atoms. The molecule has 2 amide bonds. The number of benzene rings is 4. The molecule has 1 N–H and O–H groups in total. The van der Waals surface area contributed by atoms with Crippen molar-refractivity contribution in [3.05, 3.63) is 130 Å². The monoisotopic (exact) mass is 675 g/mol. The molecule has 0 unspecified atom stereocenters. The second kappa shape index (κ2) is 14.7. The van der Waals surface area contributed by atoms with Gasteiger partial charge in [-0.3, -0.25) is 13.9 Å². The first-order chi connectivity index (χ1) is 20.9. The number of hydrogen-bond acceptors (Lipinski definition) is 4. The molecular weight excluding hydrogens is 638 g/mol. The van der Waals surface area contributed by atoms with Gasteiger partial charge < -0.3 is 10.2 Å². The molecule has 0 bridgehead atoms. The van der Waals surface area contributed by atoms with E-state index in [0.717, 1.165) is 31.0 Å². The first kappa shape index (κ1) is 33.0. The number of rotatable bonds is 12. The SMILES string of the molecule is Cc1ccc(S(=O)(=O)N(CC(=O)N(Cc2ccc(Br)cc2)[C@H](Cc2ccccc2)C(=O)NC(C)C)c2cccc(C)c2)cc1. The molecule has 4 aromatic carbocycles. The van der Waals surface area contributed by atoms with Crippen LogP contribution in [0.4, 0.5) is 5.69 Å². The van der Waals surface area contributed by atoms with Crippen LogP contribution >= 0.6 is 15.9 Å². The minimum atomic E-state index is -4.14. The summed E-state index contributed by atoms with van der Waals surface area (Å²) in [7, 11) is -4.14. The number of amides is 2. The Hall–Kier alpha value is -3.95. The lowest BCUT2D eigenvalue weighted by atomic mass is 10.0. The summed E-state index contributed by atoms with van der Waals surface area (Å²) in [6, 6.07) is 29.6. The quantitative estimate of drug-likeness (QED) is 0.188. The fraction of sp³-hybridized carbons (Fsp3) is 0.257. The average molecular weight is 677 g/mol. The molecule has 7 nitrogen and oxygen atoms in total. The third-order valence-corrected chi connectivity index (χ3v) is 9.46. The van der Waals surface area contributed by atoms with Crippen molar-refractivity contribution in [1.29, 1.82) is 0 Å². The maximum Gasteiger partial charge on any atom is 0.264 e. The zero-order valence-corrected chi connectivity index (χ0v) is 27.8. The van der Waals surface area contributed by atoms with Gasteiger partial charge in [0.05, 0.1) is 10.6 Å². The number of carbonyl (C=O) groups is 2. The molecular formula is C35H38BrN3O4S. The summed E-state index contributed by atoms with van der Waals surface area (Å²) in [4.78, 5) is 29.8. The molecule has 0 aliphatic carbocycles. The number of nitrogens with zero attached hydrogens (tertiary/aromatic N) is 2. The van der Waals surface area contributed by atoms with Crippen LogP contribution in [0.3, 0.4) is 0 Å². The molecule has 0 spiro atoms. The number of nitrogens with one attached hydrogen (secondary N) is 1. The highest BCUT2D eigenvalue weighted by Gasteiger charge is 2.34. The summed E-state index contributed by atoms with van der Waals surface area (Å²) in [6.45, 7) is 7.11. The van der Waals surface area contributed by atoms with E-state index in [9.17, 15) is 18.0 Å². The Morgan fingerprint density at radius 1 is 0.795 bits per heavy atom. The minimum absolute atomic E-state index is 0.0789. The van der Waals surface area contributed by atoms with Crippen molar-refractivity contribution in [2.45, 2.75) is 57.6 Å². The van der Waals surface area contributed by atoms with E-state index in [0.29, 0.717) is 5.69 Å². The lowest BCUT2D eigenvalue weighted by molar-refractivity contribution is -0.140. The van der Waals surface area contributed by atoms with Gasteiger partial charge in [0.15, 0.2) is 0 Å². The summed E-state index contributed by atoms with van der Waals surface area (Å²) >= 11 is 3.46. The van der Waals surface area contributed by atoms with Gasteiger partial charge in [-0.25, -0.2) is 8.42 Å². The molecule has 0 fully saturated rings. The van der Waals surface area contributed by atoms with E-state index >= 15 is 0 Å². The first-order valence-electron chi connectivity index (χ1n) is 14.5. The lowest BCUT2D eigenvalue weighted by Crippen LogP contribution is -2.54. The Labute approximate surface area is 269 Å². The number of halogens is 1. The fourth-order valence-electron chi connectivity index (χ4n) is 4.87. The van der Waals surface area contributed by atoms with Crippen LogP contribution in [-0.4, -0.2) is 43.8 Å². The van der Waals surface area contributed by atoms with Crippen molar-refractivity contribution >= 4 is 43.5 Å². The van der Waals surface area contributed by atoms with E-state index < -0.39 is 28.5 Å². The van der Waals surface area contributed by atoms with E-state index in [1.807, 2.05) is 88.4 Å². The van der Waals surface area contributed by atoms with Gasteiger partial charge in [0.1, 0.15) is 12.6 Å². The molecule has 0 saturated heterocycles. The Morgan fingerprint density at radius 2 is 1.45 bits per heavy atom. The zero-order valence-electron chi connectivity index (χ0n) is 25.4. The van der Waals surface area contributed by atoms with Crippen LogP contribution in [0.25, 0.3) is 0 Å². The predicted molar refractivity (Wildman–Crippen MR) is 179 cm³/mol. The molecule has 4 aromatic rings. The van der Waals surface area contributed by atoms with Gasteiger partial charge in [0.2, 0.25) is 11.8 Å². The van der Waals surface area contributed by atoms with Gasteiger partial charge in [0.25, 0.3) is 10.0 Å². The third kappa shape index (κ3) is 8.57. The summed E-state index contributed by atoms with van der Waals surface area (Å²) in [5.41, 5.74) is 3.83. The van der Waals surface area contributed by atoms with E-state index in [1.165, 1.54) is 4.90 Å². The van der Waals surface area contributed by atoms with Gasteiger partial charge in [-0.1, -0.05) is 88.2 Å². The summed E-state index contributed by atoms with van der Waals surface area (Å²) in [5, 5.41) is 2.97. The van der Waals surface area contributed by atoms with Crippen molar-refractivity contribution in [2.24, 2.45) is 0 Å². The molecule has 230 valence electrons. The second-order valence-electron chi connectivity index (χ2n) is 11.2. The molecule has 4 rings (SSSR count). The second-order valence-corrected chi connectivity index (χ2v) is 14.0. The van der Waals surface area contributed by atoms with E-state index in [1.54, 1.807) is 42.5 Å². The summed E-state index contributed by atoms with van der Waals surface area (Å²) in [5.74, 6) is -0.803. The average Bonchev–Trinajstić information content (AvgIpc) is 2.98. The van der Waals surface area contributed by atoms with Gasteiger partial charge in [-0.05, 0) is 80.8 Å². The molecule has 9 heteroatoms. The van der Waals surface area contributed by atoms with Crippen molar-refractivity contribution < 1.29 is 18.0 Å². The number of anilines is 1. The molecule has 1 atom stereocenters.